The molecule has 0 saturated heterocycles. The Morgan fingerprint density at radius 1 is 1.30 bits per heavy atom. The lowest BCUT2D eigenvalue weighted by atomic mass is 10.1. The molecule has 0 aliphatic heterocycles. The summed E-state index contributed by atoms with van der Waals surface area (Å²) in [5.41, 5.74) is 1.16. The number of carbonyl (C=O) groups is 1. The van der Waals surface area contributed by atoms with E-state index in [-0.39, 0.29) is 17.9 Å². The number of aromatic nitrogens is 2. The molecule has 1 saturated carbocycles. The molecule has 1 fully saturated rings. The minimum atomic E-state index is -0.0300. The maximum Gasteiger partial charge on any atom is 0.224 e. The molecule has 3 aromatic rings. The Morgan fingerprint density at radius 3 is 2.52 bits per heavy atom. The van der Waals surface area contributed by atoms with Crippen LogP contribution >= 0.6 is 22.7 Å². The van der Waals surface area contributed by atoms with Gasteiger partial charge >= 0.3 is 0 Å². The van der Waals surface area contributed by atoms with Gasteiger partial charge in [-0.05, 0) is 40.8 Å². The first-order chi connectivity index (χ1) is 11.2. The Morgan fingerprint density at radius 2 is 2.00 bits per heavy atom. The lowest BCUT2D eigenvalue weighted by molar-refractivity contribution is -0.122. The molecule has 0 radical (unpaired) electrons. The first-order valence-corrected chi connectivity index (χ1v) is 9.34. The molecule has 2 unspecified atom stereocenters. The van der Waals surface area contributed by atoms with Crippen molar-refractivity contribution in [1.82, 2.24) is 15.1 Å². The molecule has 23 heavy (non-hydrogen) atoms. The molecule has 4 nitrogen and oxygen atoms in total. The van der Waals surface area contributed by atoms with Gasteiger partial charge in [0.15, 0.2) is 0 Å². The fourth-order valence-electron chi connectivity index (χ4n) is 2.93. The number of thiophene rings is 2. The van der Waals surface area contributed by atoms with Crippen LogP contribution in [0, 0.1) is 5.92 Å². The summed E-state index contributed by atoms with van der Waals surface area (Å²) in [6, 6.07) is 8.20. The lowest BCUT2D eigenvalue weighted by Gasteiger charge is -2.16. The van der Waals surface area contributed by atoms with Gasteiger partial charge in [0, 0.05) is 28.9 Å². The van der Waals surface area contributed by atoms with Crippen molar-refractivity contribution in [2.24, 2.45) is 13.0 Å². The third-order valence-corrected chi connectivity index (χ3v) is 6.10. The largest absolute Gasteiger partial charge is 0.343 e. The van der Waals surface area contributed by atoms with Crippen molar-refractivity contribution in [1.29, 1.82) is 0 Å². The number of amides is 1. The molecular weight excluding hydrogens is 326 g/mol. The van der Waals surface area contributed by atoms with Crippen molar-refractivity contribution >= 4 is 28.6 Å². The summed E-state index contributed by atoms with van der Waals surface area (Å²) in [6.45, 7) is 0. The van der Waals surface area contributed by atoms with E-state index in [1.54, 1.807) is 27.4 Å². The summed E-state index contributed by atoms with van der Waals surface area (Å²) in [4.78, 5) is 15.0. The van der Waals surface area contributed by atoms with Crippen molar-refractivity contribution in [3.05, 3.63) is 62.7 Å². The summed E-state index contributed by atoms with van der Waals surface area (Å²) < 4.78 is 1.79. The zero-order valence-electron chi connectivity index (χ0n) is 12.7. The highest BCUT2D eigenvalue weighted by molar-refractivity contribution is 7.11. The van der Waals surface area contributed by atoms with Crippen LogP contribution in [-0.4, -0.2) is 15.7 Å². The Balaban J connectivity index is 1.49. The quantitative estimate of drug-likeness (QED) is 0.770. The highest BCUT2D eigenvalue weighted by atomic mass is 32.1. The van der Waals surface area contributed by atoms with Crippen LogP contribution in [0.3, 0.4) is 0 Å². The van der Waals surface area contributed by atoms with E-state index in [0.717, 1.165) is 12.0 Å². The number of rotatable bonds is 5. The van der Waals surface area contributed by atoms with Crippen LogP contribution in [-0.2, 0) is 11.8 Å². The highest BCUT2D eigenvalue weighted by Gasteiger charge is 2.45. The number of nitrogens with one attached hydrogen (secondary N) is 1. The molecular formula is C17H17N3OS2. The number of hydrogen-bond acceptors (Lipinski definition) is 4. The van der Waals surface area contributed by atoms with E-state index < -0.39 is 0 Å². The van der Waals surface area contributed by atoms with E-state index in [0.29, 0.717) is 5.92 Å². The van der Waals surface area contributed by atoms with Gasteiger partial charge in [-0.2, -0.15) is 5.10 Å². The van der Waals surface area contributed by atoms with Crippen LogP contribution in [0.1, 0.15) is 33.7 Å². The number of nitrogens with zero attached hydrogens (tertiary/aromatic N) is 2. The monoisotopic (exact) mass is 343 g/mol. The van der Waals surface area contributed by atoms with E-state index >= 15 is 0 Å². The van der Waals surface area contributed by atoms with Crippen LogP contribution in [0.4, 0.5) is 0 Å². The first kappa shape index (κ1) is 14.7. The smallest absolute Gasteiger partial charge is 0.224 e. The van der Waals surface area contributed by atoms with Gasteiger partial charge in [-0.15, -0.1) is 22.7 Å². The third-order valence-electron chi connectivity index (χ3n) is 4.22. The fraction of sp³-hybridized carbons (Fsp3) is 0.294. The van der Waals surface area contributed by atoms with Gasteiger partial charge in [0.1, 0.15) is 0 Å². The van der Waals surface area contributed by atoms with Crippen LogP contribution in [0.25, 0.3) is 0 Å². The summed E-state index contributed by atoms with van der Waals surface area (Å²) in [5.74, 6) is 0.531. The van der Waals surface area contributed by atoms with Crippen molar-refractivity contribution in [3.8, 4) is 0 Å². The summed E-state index contributed by atoms with van der Waals surface area (Å²) >= 11 is 3.36. The van der Waals surface area contributed by atoms with E-state index in [1.165, 1.54) is 9.75 Å². The molecule has 3 heterocycles. The number of carbonyl (C=O) groups excluding carboxylic acids is 1. The average molecular weight is 343 g/mol. The predicted molar refractivity (Wildman–Crippen MR) is 92.7 cm³/mol. The molecule has 0 bridgehead atoms. The maximum absolute atomic E-state index is 12.7. The van der Waals surface area contributed by atoms with Crippen molar-refractivity contribution in [2.75, 3.05) is 0 Å². The Hall–Kier alpha value is -1.92. The molecule has 6 heteroatoms. The lowest BCUT2D eigenvalue weighted by Crippen LogP contribution is -2.29. The van der Waals surface area contributed by atoms with Gasteiger partial charge in [0.05, 0.1) is 12.2 Å². The van der Waals surface area contributed by atoms with Gasteiger partial charge in [0.2, 0.25) is 5.91 Å². The molecule has 0 aromatic carbocycles. The zero-order valence-corrected chi connectivity index (χ0v) is 14.3. The summed E-state index contributed by atoms with van der Waals surface area (Å²) in [5, 5.41) is 11.6. The summed E-state index contributed by atoms with van der Waals surface area (Å²) in [7, 11) is 1.91. The second-order valence-corrected chi connectivity index (χ2v) is 7.83. The van der Waals surface area contributed by atoms with Crippen molar-refractivity contribution in [3.63, 3.8) is 0 Å². The first-order valence-electron chi connectivity index (χ1n) is 7.58. The summed E-state index contributed by atoms with van der Waals surface area (Å²) in [6.07, 6.45) is 4.79. The van der Waals surface area contributed by atoms with Gasteiger partial charge < -0.3 is 5.32 Å². The predicted octanol–water partition coefficient (Wildman–Crippen LogP) is 3.55. The van der Waals surface area contributed by atoms with Crippen LogP contribution in [0.2, 0.25) is 0 Å². The van der Waals surface area contributed by atoms with Crippen LogP contribution in [0.5, 0.6) is 0 Å². The Bertz CT molecular complexity index is 758. The number of aryl methyl sites for hydroxylation is 1. The zero-order chi connectivity index (χ0) is 15.8. The molecule has 1 N–H and O–H groups in total. The molecule has 2 atom stereocenters. The van der Waals surface area contributed by atoms with Crippen molar-refractivity contribution < 1.29 is 4.79 Å². The molecule has 118 valence electrons. The molecule has 3 aromatic heterocycles. The van der Waals surface area contributed by atoms with Crippen molar-refractivity contribution in [2.45, 2.75) is 18.4 Å². The normalized spacial score (nSPS) is 19.9. The molecule has 1 amide bonds. The second kappa shape index (κ2) is 5.94. The molecule has 0 spiro atoms. The molecule has 4 rings (SSSR count). The minimum Gasteiger partial charge on any atom is -0.343 e. The van der Waals surface area contributed by atoms with E-state index in [4.69, 9.17) is 0 Å². The van der Waals surface area contributed by atoms with Gasteiger partial charge in [-0.3, -0.25) is 9.48 Å². The highest BCUT2D eigenvalue weighted by Crippen LogP contribution is 2.47. The number of hydrogen-bond donors (Lipinski definition) is 1. The van der Waals surface area contributed by atoms with Gasteiger partial charge in [-0.1, -0.05) is 12.1 Å². The topological polar surface area (TPSA) is 46.9 Å². The van der Waals surface area contributed by atoms with Crippen LogP contribution in [0.15, 0.2) is 47.4 Å². The van der Waals surface area contributed by atoms with Crippen LogP contribution < -0.4 is 5.32 Å². The van der Waals surface area contributed by atoms with Gasteiger partial charge in [0.25, 0.3) is 0 Å². The average Bonchev–Trinajstić information content (AvgIpc) is 3.01. The third kappa shape index (κ3) is 2.96. The van der Waals surface area contributed by atoms with E-state index in [9.17, 15) is 4.79 Å². The fourth-order valence-corrected chi connectivity index (χ4v) is 4.59. The van der Waals surface area contributed by atoms with Gasteiger partial charge in [-0.25, -0.2) is 0 Å². The maximum atomic E-state index is 12.7. The Labute approximate surface area is 142 Å². The van der Waals surface area contributed by atoms with E-state index in [1.807, 2.05) is 31.6 Å². The minimum absolute atomic E-state index is 0.0300. The Kier molecular flexibility index (Phi) is 3.79. The van der Waals surface area contributed by atoms with E-state index in [2.05, 4.69) is 33.3 Å². The molecule has 1 aliphatic rings. The second-order valence-electron chi connectivity index (χ2n) is 5.87. The molecule has 1 aliphatic carbocycles. The SMILES string of the molecule is Cn1cc(C2CC2C(=O)NC(c2cccs2)c2cccs2)cn1. The standard InChI is InChI=1S/C17H17N3OS2/c1-20-10-11(9-18-20)12-8-13(12)17(21)19-16(14-4-2-6-22-14)15-5-3-7-23-15/h2-7,9-10,12-13,16H,8H2,1H3,(H,19,21).